The molecule has 0 aliphatic rings. The van der Waals surface area contributed by atoms with Crippen LogP contribution in [-0.4, -0.2) is 18.4 Å². The zero-order chi connectivity index (χ0) is 10.1. The van der Waals surface area contributed by atoms with E-state index in [1.807, 2.05) is 0 Å². The maximum absolute atomic E-state index is 10.6. The van der Waals surface area contributed by atoms with Gasteiger partial charge in [0.1, 0.15) is 0 Å². The molecule has 0 heterocycles. The van der Waals surface area contributed by atoms with Gasteiger partial charge in [-0.25, -0.2) is 0 Å². The van der Waals surface area contributed by atoms with Crippen molar-refractivity contribution in [2.75, 3.05) is 6.54 Å². The zero-order valence-corrected chi connectivity index (χ0v) is 7.71. The molecule has 0 saturated heterocycles. The molecule has 0 unspecified atom stereocenters. The van der Waals surface area contributed by atoms with E-state index in [1.165, 1.54) is 6.08 Å². The summed E-state index contributed by atoms with van der Waals surface area (Å²) < 4.78 is 0. The van der Waals surface area contributed by atoms with Crippen molar-refractivity contribution in [2.24, 2.45) is 5.73 Å². The van der Waals surface area contributed by atoms with E-state index < -0.39 is 0 Å². The van der Waals surface area contributed by atoms with Crippen LogP contribution in [0.15, 0.2) is 12.7 Å². The van der Waals surface area contributed by atoms with Crippen molar-refractivity contribution >= 4 is 11.8 Å². The molecule has 0 aromatic rings. The van der Waals surface area contributed by atoms with Gasteiger partial charge in [-0.15, -0.1) is 0 Å². The SMILES string of the molecule is C=CC(=O)NCCCCCC(N)=O. The average Bonchev–Trinajstić information content (AvgIpc) is 2.10. The van der Waals surface area contributed by atoms with Crippen molar-refractivity contribution in [2.45, 2.75) is 25.7 Å². The van der Waals surface area contributed by atoms with Crippen molar-refractivity contribution in [1.82, 2.24) is 5.32 Å². The molecular formula is C9H16N2O2. The molecule has 3 N–H and O–H groups in total. The van der Waals surface area contributed by atoms with Crippen molar-refractivity contribution in [3.63, 3.8) is 0 Å². The molecule has 0 rings (SSSR count). The van der Waals surface area contributed by atoms with Crippen LogP contribution in [0.2, 0.25) is 0 Å². The minimum absolute atomic E-state index is 0.157. The summed E-state index contributed by atoms with van der Waals surface area (Å²) >= 11 is 0. The van der Waals surface area contributed by atoms with Crippen LogP contribution >= 0.6 is 0 Å². The summed E-state index contributed by atoms with van der Waals surface area (Å²) in [7, 11) is 0. The summed E-state index contributed by atoms with van der Waals surface area (Å²) in [6.07, 6.45) is 4.23. The van der Waals surface area contributed by atoms with Gasteiger partial charge < -0.3 is 11.1 Å². The molecule has 0 spiro atoms. The van der Waals surface area contributed by atoms with Gasteiger partial charge in [-0.1, -0.05) is 13.0 Å². The van der Waals surface area contributed by atoms with Crippen LogP contribution in [0.1, 0.15) is 25.7 Å². The Morgan fingerprint density at radius 3 is 2.54 bits per heavy atom. The highest BCUT2D eigenvalue weighted by Crippen LogP contribution is 1.97. The first kappa shape index (κ1) is 11.7. The molecule has 0 aromatic heterocycles. The minimum Gasteiger partial charge on any atom is -0.370 e. The topological polar surface area (TPSA) is 72.2 Å². The Balaban J connectivity index is 3.12. The second kappa shape index (κ2) is 7.34. The molecule has 0 saturated carbocycles. The quantitative estimate of drug-likeness (QED) is 0.442. The summed E-state index contributed by atoms with van der Waals surface area (Å²) in [5.41, 5.74) is 4.96. The molecule has 0 fully saturated rings. The molecule has 4 nitrogen and oxygen atoms in total. The van der Waals surface area contributed by atoms with Crippen LogP contribution in [0.4, 0.5) is 0 Å². The molecule has 74 valence electrons. The number of hydrogen-bond acceptors (Lipinski definition) is 2. The second-order valence-corrected chi connectivity index (χ2v) is 2.77. The third kappa shape index (κ3) is 8.59. The summed E-state index contributed by atoms with van der Waals surface area (Å²) in [6, 6.07) is 0. The fourth-order valence-corrected chi connectivity index (χ4v) is 0.885. The van der Waals surface area contributed by atoms with Gasteiger partial charge in [0.05, 0.1) is 0 Å². The summed E-state index contributed by atoms with van der Waals surface area (Å²) in [6.45, 7) is 3.95. The Morgan fingerprint density at radius 1 is 1.31 bits per heavy atom. The highest BCUT2D eigenvalue weighted by molar-refractivity contribution is 5.86. The lowest BCUT2D eigenvalue weighted by atomic mass is 10.2. The Morgan fingerprint density at radius 2 is 2.00 bits per heavy atom. The molecule has 4 heteroatoms. The predicted molar refractivity (Wildman–Crippen MR) is 50.9 cm³/mol. The Bertz CT molecular complexity index is 190. The number of unbranched alkanes of at least 4 members (excludes halogenated alkanes) is 2. The molecule has 0 atom stereocenters. The molecule has 13 heavy (non-hydrogen) atoms. The van der Waals surface area contributed by atoms with Crippen LogP contribution in [0.25, 0.3) is 0 Å². The maximum atomic E-state index is 10.6. The monoisotopic (exact) mass is 184 g/mol. The van der Waals surface area contributed by atoms with Crippen LogP contribution in [0, 0.1) is 0 Å². The van der Waals surface area contributed by atoms with Gasteiger partial charge in [0, 0.05) is 13.0 Å². The van der Waals surface area contributed by atoms with Gasteiger partial charge >= 0.3 is 0 Å². The number of nitrogens with one attached hydrogen (secondary N) is 1. The Hall–Kier alpha value is -1.32. The number of carbonyl (C=O) groups excluding carboxylic acids is 2. The van der Waals surface area contributed by atoms with Crippen molar-refractivity contribution < 1.29 is 9.59 Å². The van der Waals surface area contributed by atoms with Crippen molar-refractivity contribution in [1.29, 1.82) is 0 Å². The normalized spacial score (nSPS) is 9.23. The van der Waals surface area contributed by atoms with Crippen LogP contribution in [-0.2, 0) is 9.59 Å². The Labute approximate surface area is 78.2 Å². The summed E-state index contributed by atoms with van der Waals surface area (Å²) in [5, 5.41) is 2.65. The van der Waals surface area contributed by atoms with E-state index in [2.05, 4.69) is 11.9 Å². The van der Waals surface area contributed by atoms with Gasteiger partial charge in [-0.2, -0.15) is 0 Å². The first-order valence-corrected chi connectivity index (χ1v) is 4.35. The van der Waals surface area contributed by atoms with Gasteiger partial charge in [-0.3, -0.25) is 9.59 Å². The lowest BCUT2D eigenvalue weighted by Crippen LogP contribution is -2.21. The number of primary amides is 1. The smallest absolute Gasteiger partial charge is 0.243 e. The first-order chi connectivity index (χ1) is 6.16. The van der Waals surface area contributed by atoms with Gasteiger partial charge in [0.15, 0.2) is 0 Å². The number of hydrogen-bond donors (Lipinski definition) is 2. The lowest BCUT2D eigenvalue weighted by Gasteiger charge is -2.00. The number of amides is 2. The van der Waals surface area contributed by atoms with E-state index in [1.54, 1.807) is 0 Å². The summed E-state index contributed by atoms with van der Waals surface area (Å²) in [5.74, 6) is -0.426. The van der Waals surface area contributed by atoms with E-state index in [4.69, 9.17) is 5.73 Å². The molecule has 0 aromatic carbocycles. The maximum Gasteiger partial charge on any atom is 0.243 e. The molecule has 0 aliphatic heterocycles. The standard InChI is InChI=1S/C9H16N2O2/c1-2-9(13)11-7-5-3-4-6-8(10)12/h2H,1,3-7H2,(H2,10,12)(H,11,13). The fraction of sp³-hybridized carbons (Fsp3) is 0.556. The van der Waals surface area contributed by atoms with Crippen LogP contribution in [0.5, 0.6) is 0 Å². The number of rotatable bonds is 7. The Kier molecular flexibility index (Phi) is 6.59. The van der Waals surface area contributed by atoms with E-state index in [9.17, 15) is 9.59 Å². The fourth-order valence-electron chi connectivity index (χ4n) is 0.885. The first-order valence-electron chi connectivity index (χ1n) is 4.35. The van der Waals surface area contributed by atoms with E-state index in [0.717, 1.165) is 19.3 Å². The third-order valence-corrected chi connectivity index (χ3v) is 1.58. The average molecular weight is 184 g/mol. The highest BCUT2D eigenvalue weighted by Gasteiger charge is 1.95. The van der Waals surface area contributed by atoms with E-state index in [0.29, 0.717) is 13.0 Å². The summed E-state index contributed by atoms with van der Waals surface area (Å²) in [4.78, 5) is 21.0. The van der Waals surface area contributed by atoms with Gasteiger partial charge in [-0.05, 0) is 18.9 Å². The van der Waals surface area contributed by atoms with Gasteiger partial charge in [0.25, 0.3) is 0 Å². The number of carbonyl (C=O) groups is 2. The predicted octanol–water partition coefficient (Wildman–Crippen LogP) is 0.334. The highest BCUT2D eigenvalue weighted by atomic mass is 16.1. The molecular weight excluding hydrogens is 168 g/mol. The lowest BCUT2D eigenvalue weighted by molar-refractivity contribution is -0.118. The molecule has 0 aliphatic carbocycles. The van der Waals surface area contributed by atoms with E-state index in [-0.39, 0.29) is 11.8 Å². The zero-order valence-electron chi connectivity index (χ0n) is 7.71. The van der Waals surface area contributed by atoms with Crippen molar-refractivity contribution in [3.8, 4) is 0 Å². The number of nitrogens with two attached hydrogens (primary N) is 1. The molecule has 0 bridgehead atoms. The van der Waals surface area contributed by atoms with Crippen LogP contribution in [0.3, 0.4) is 0 Å². The molecule has 0 radical (unpaired) electrons. The van der Waals surface area contributed by atoms with Gasteiger partial charge in [0.2, 0.25) is 11.8 Å². The second-order valence-electron chi connectivity index (χ2n) is 2.77. The minimum atomic E-state index is -0.268. The molecule has 2 amide bonds. The van der Waals surface area contributed by atoms with Crippen molar-refractivity contribution in [3.05, 3.63) is 12.7 Å². The largest absolute Gasteiger partial charge is 0.370 e. The van der Waals surface area contributed by atoms with E-state index >= 15 is 0 Å². The third-order valence-electron chi connectivity index (χ3n) is 1.58. The van der Waals surface area contributed by atoms with Crippen LogP contribution < -0.4 is 11.1 Å².